The van der Waals surface area contributed by atoms with Crippen molar-refractivity contribution in [3.63, 3.8) is 0 Å². The second-order valence-corrected chi connectivity index (χ2v) is 8.34. The molecule has 0 saturated carbocycles. The van der Waals surface area contributed by atoms with Gasteiger partial charge in [0.05, 0.1) is 5.75 Å². The Balaban J connectivity index is 1.66. The molecule has 4 rings (SSSR count). The maximum absolute atomic E-state index is 4.81. The third-order valence-corrected chi connectivity index (χ3v) is 6.11. The summed E-state index contributed by atoms with van der Waals surface area (Å²) in [6, 6.07) is 21.3. The van der Waals surface area contributed by atoms with Gasteiger partial charge < -0.3 is 0 Å². The predicted octanol–water partition coefficient (Wildman–Crippen LogP) is 4.81. The molecule has 0 aliphatic heterocycles. The van der Waals surface area contributed by atoms with Crippen LogP contribution < -0.4 is 0 Å². The lowest BCUT2D eigenvalue weighted by Gasteiger charge is -2.16. The first-order valence-corrected chi connectivity index (χ1v) is 10.7. The number of nitrogens with zero attached hydrogens (tertiary/aromatic N) is 4. The number of benzene rings is 2. The fraction of sp³-hybridized carbons (Fsp3) is 0.250. The third kappa shape index (κ3) is 3.66. The van der Waals surface area contributed by atoms with Crippen LogP contribution in [-0.2, 0) is 12.2 Å². The third-order valence-electron chi connectivity index (χ3n) is 4.32. The topological polar surface area (TPSA) is 43.1 Å². The fourth-order valence-electron chi connectivity index (χ4n) is 3.04. The highest BCUT2D eigenvalue weighted by Gasteiger charge is 2.19. The lowest BCUT2D eigenvalue weighted by atomic mass is 9.89. The van der Waals surface area contributed by atoms with Crippen molar-refractivity contribution in [3.8, 4) is 0 Å². The molecule has 0 aliphatic rings. The van der Waals surface area contributed by atoms with E-state index in [1.54, 1.807) is 11.3 Å². The van der Waals surface area contributed by atoms with Gasteiger partial charge in [0.15, 0.2) is 5.82 Å². The van der Waals surface area contributed by atoms with E-state index in [9.17, 15) is 0 Å². The first kappa shape index (κ1) is 17.2. The number of hydrogen-bond acceptors (Lipinski definition) is 5. The average Bonchev–Trinajstić information content (AvgIpc) is 3.26. The second-order valence-electron chi connectivity index (χ2n) is 6.02. The highest BCUT2D eigenvalue weighted by atomic mass is 32.2. The molecule has 0 saturated heterocycles. The van der Waals surface area contributed by atoms with Crippen molar-refractivity contribution in [1.29, 1.82) is 0 Å². The summed E-state index contributed by atoms with van der Waals surface area (Å²) in [4.78, 5) is 0.881. The Bertz CT molecular complexity index is 924. The van der Waals surface area contributed by atoms with E-state index in [1.165, 1.54) is 11.1 Å². The molecule has 26 heavy (non-hydrogen) atoms. The van der Waals surface area contributed by atoms with E-state index < -0.39 is 0 Å². The fourth-order valence-corrected chi connectivity index (χ4v) is 4.50. The Morgan fingerprint density at radius 1 is 0.962 bits per heavy atom. The van der Waals surface area contributed by atoms with Gasteiger partial charge in [-0.2, -0.15) is 21.4 Å². The van der Waals surface area contributed by atoms with Crippen LogP contribution in [-0.4, -0.2) is 25.6 Å². The van der Waals surface area contributed by atoms with E-state index in [4.69, 9.17) is 5.10 Å². The molecule has 4 nitrogen and oxygen atoms in total. The Hall–Kier alpha value is -2.18. The Labute approximate surface area is 161 Å². The summed E-state index contributed by atoms with van der Waals surface area (Å²) in [6.45, 7) is 2.15. The Morgan fingerprint density at radius 2 is 1.62 bits per heavy atom. The van der Waals surface area contributed by atoms with Crippen LogP contribution in [0.4, 0.5) is 0 Å². The molecule has 0 radical (unpaired) electrons. The lowest BCUT2D eigenvalue weighted by molar-refractivity contribution is 0.764. The standard InChI is InChI=1S/C20H20N4S2/c1-2-25-14-18-21-22-20-24(18)23-19(26-20)13-17(15-9-5-3-6-10-15)16-11-7-4-8-12-16/h3-12,17H,2,13-14H2,1H3. The van der Waals surface area contributed by atoms with Crippen molar-refractivity contribution >= 4 is 28.1 Å². The smallest absolute Gasteiger partial charge is 0.186 e. The van der Waals surface area contributed by atoms with Gasteiger partial charge in [-0.15, -0.1) is 10.2 Å². The minimum absolute atomic E-state index is 0.287. The van der Waals surface area contributed by atoms with Gasteiger partial charge in [-0.25, -0.2) is 0 Å². The monoisotopic (exact) mass is 380 g/mol. The summed E-state index contributed by atoms with van der Waals surface area (Å²) in [5.74, 6) is 3.14. The van der Waals surface area contributed by atoms with E-state index >= 15 is 0 Å². The number of fused-ring (bicyclic) bond motifs is 1. The summed E-state index contributed by atoms with van der Waals surface area (Å²) in [5, 5.41) is 14.5. The maximum atomic E-state index is 4.81. The molecule has 0 unspecified atom stereocenters. The van der Waals surface area contributed by atoms with Gasteiger partial charge in [-0.3, -0.25) is 0 Å². The molecule has 0 fully saturated rings. The van der Waals surface area contributed by atoms with Crippen molar-refractivity contribution in [2.45, 2.75) is 25.0 Å². The van der Waals surface area contributed by atoms with Crippen molar-refractivity contribution in [3.05, 3.63) is 82.6 Å². The zero-order valence-corrected chi connectivity index (χ0v) is 16.2. The molecule has 0 bridgehead atoms. The molecule has 2 aromatic heterocycles. The van der Waals surface area contributed by atoms with Crippen molar-refractivity contribution in [2.24, 2.45) is 0 Å². The molecule has 0 amide bonds. The van der Waals surface area contributed by atoms with E-state index in [2.05, 4.69) is 77.8 Å². The molecule has 0 atom stereocenters. The van der Waals surface area contributed by atoms with Crippen LogP contribution in [0.25, 0.3) is 4.96 Å². The van der Waals surface area contributed by atoms with Crippen molar-refractivity contribution < 1.29 is 0 Å². The van der Waals surface area contributed by atoms with Crippen LogP contribution in [0.3, 0.4) is 0 Å². The summed E-state index contributed by atoms with van der Waals surface area (Å²) >= 11 is 3.48. The zero-order chi connectivity index (χ0) is 17.8. The molecule has 2 heterocycles. The number of aromatic nitrogens is 4. The van der Waals surface area contributed by atoms with Crippen LogP contribution in [0, 0.1) is 0 Å². The molecule has 132 valence electrons. The van der Waals surface area contributed by atoms with Gasteiger partial charge >= 0.3 is 0 Å². The van der Waals surface area contributed by atoms with Gasteiger partial charge in [0.2, 0.25) is 4.96 Å². The molecule has 0 N–H and O–H groups in total. The SMILES string of the molecule is CCSCc1nnc2sc(CC(c3ccccc3)c3ccccc3)nn12. The van der Waals surface area contributed by atoms with Crippen LogP contribution in [0.1, 0.15) is 34.8 Å². The quantitative estimate of drug-likeness (QED) is 0.461. The first-order chi connectivity index (χ1) is 12.8. The van der Waals surface area contributed by atoms with E-state index in [0.29, 0.717) is 0 Å². The average molecular weight is 381 g/mol. The first-order valence-electron chi connectivity index (χ1n) is 8.72. The molecular formula is C20H20N4S2. The highest BCUT2D eigenvalue weighted by molar-refractivity contribution is 7.98. The highest BCUT2D eigenvalue weighted by Crippen LogP contribution is 2.30. The largest absolute Gasteiger partial charge is 0.234 e. The van der Waals surface area contributed by atoms with Crippen LogP contribution in [0.2, 0.25) is 0 Å². The maximum Gasteiger partial charge on any atom is 0.234 e. The molecule has 2 aromatic carbocycles. The Morgan fingerprint density at radius 3 is 2.23 bits per heavy atom. The molecule has 0 spiro atoms. The van der Waals surface area contributed by atoms with Gasteiger partial charge in [0.25, 0.3) is 0 Å². The normalized spacial score (nSPS) is 11.5. The molecule has 6 heteroatoms. The van der Waals surface area contributed by atoms with E-state index in [0.717, 1.165) is 33.7 Å². The lowest BCUT2D eigenvalue weighted by Crippen LogP contribution is -2.05. The summed E-state index contributed by atoms with van der Waals surface area (Å²) in [7, 11) is 0. The number of rotatable bonds is 7. The summed E-state index contributed by atoms with van der Waals surface area (Å²) < 4.78 is 1.91. The predicted molar refractivity (Wildman–Crippen MR) is 109 cm³/mol. The Kier molecular flexibility index (Phi) is 5.32. The summed E-state index contributed by atoms with van der Waals surface area (Å²) in [6.07, 6.45) is 0.864. The number of thioether (sulfide) groups is 1. The van der Waals surface area contributed by atoms with Gasteiger partial charge in [0.1, 0.15) is 5.01 Å². The number of hydrogen-bond donors (Lipinski definition) is 0. The molecular weight excluding hydrogens is 360 g/mol. The summed E-state index contributed by atoms with van der Waals surface area (Å²) in [5.41, 5.74) is 2.62. The molecule has 0 aliphatic carbocycles. The van der Waals surface area contributed by atoms with Gasteiger partial charge in [0, 0.05) is 12.3 Å². The zero-order valence-electron chi connectivity index (χ0n) is 14.6. The minimum Gasteiger partial charge on any atom is -0.186 e. The molecule has 4 aromatic rings. The van der Waals surface area contributed by atoms with Crippen LogP contribution in [0.15, 0.2) is 60.7 Å². The van der Waals surface area contributed by atoms with E-state index in [1.807, 2.05) is 16.3 Å². The van der Waals surface area contributed by atoms with Crippen molar-refractivity contribution in [1.82, 2.24) is 19.8 Å². The van der Waals surface area contributed by atoms with Crippen molar-refractivity contribution in [2.75, 3.05) is 5.75 Å². The van der Waals surface area contributed by atoms with E-state index in [-0.39, 0.29) is 5.92 Å². The van der Waals surface area contributed by atoms with Crippen LogP contribution in [0.5, 0.6) is 0 Å². The van der Waals surface area contributed by atoms with Gasteiger partial charge in [-0.1, -0.05) is 78.9 Å². The minimum atomic E-state index is 0.287. The van der Waals surface area contributed by atoms with Gasteiger partial charge in [-0.05, 0) is 16.9 Å². The second kappa shape index (κ2) is 8.01. The van der Waals surface area contributed by atoms with Crippen LogP contribution >= 0.6 is 23.1 Å².